The van der Waals surface area contributed by atoms with E-state index in [4.69, 9.17) is 27.9 Å². The van der Waals surface area contributed by atoms with Crippen LogP contribution >= 0.6 is 23.2 Å². The molecule has 0 aliphatic carbocycles. The lowest BCUT2D eigenvalue weighted by Gasteiger charge is -2.33. The van der Waals surface area contributed by atoms with Gasteiger partial charge in [-0.25, -0.2) is 8.42 Å². The Bertz CT molecular complexity index is 1650. The van der Waals surface area contributed by atoms with E-state index in [1.165, 1.54) is 55.3 Å². The molecule has 3 aromatic rings. The van der Waals surface area contributed by atoms with Gasteiger partial charge in [0.25, 0.3) is 15.7 Å². The van der Waals surface area contributed by atoms with Crippen molar-refractivity contribution < 1.29 is 27.7 Å². The number of hydrogen-bond donors (Lipinski definition) is 1. The van der Waals surface area contributed by atoms with Crippen molar-refractivity contribution in [2.75, 3.05) is 18.0 Å². The van der Waals surface area contributed by atoms with Gasteiger partial charge in [0.1, 0.15) is 18.3 Å². The summed E-state index contributed by atoms with van der Waals surface area (Å²) in [4.78, 5) is 39.5. The van der Waals surface area contributed by atoms with Gasteiger partial charge in [-0.2, -0.15) is 0 Å². The predicted octanol–water partition coefficient (Wildman–Crippen LogP) is 6.14. The normalized spacial score (nSPS) is 12.6. The SMILES string of the molecule is CC[C@H](C(=O)N[C@@H](C)CC)N(Cc1ccc(Cl)c(Cl)c1)C(=O)CN(c1ccc(OC)cc1)S(=O)(=O)c1ccc(C)c([N+](=O)[O-])c1. The lowest BCUT2D eigenvalue weighted by molar-refractivity contribution is -0.385. The lowest BCUT2D eigenvalue weighted by atomic mass is 10.1. The fourth-order valence-corrected chi connectivity index (χ4v) is 6.30. The minimum atomic E-state index is -4.53. The molecule has 11 nitrogen and oxygen atoms in total. The van der Waals surface area contributed by atoms with Crippen LogP contribution in [0.5, 0.6) is 5.75 Å². The topological polar surface area (TPSA) is 139 Å². The molecule has 0 unspecified atom stereocenters. The Morgan fingerprint density at radius 1 is 1.00 bits per heavy atom. The van der Waals surface area contributed by atoms with E-state index in [0.717, 1.165) is 10.4 Å². The summed E-state index contributed by atoms with van der Waals surface area (Å²) in [5.74, 6) is -0.635. The van der Waals surface area contributed by atoms with Gasteiger partial charge in [-0.3, -0.25) is 24.0 Å². The second-order valence-corrected chi connectivity index (χ2v) is 13.1. The van der Waals surface area contributed by atoms with Crippen LogP contribution in [0.4, 0.5) is 11.4 Å². The highest BCUT2D eigenvalue weighted by molar-refractivity contribution is 7.92. The number of sulfonamides is 1. The van der Waals surface area contributed by atoms with Crippen molar-refractivity contribution in [3.63, 3.8) is 0 Å². The molecule has 0 aromatic heterocycles. The van der Waals surface area contributed by atoms with Gasteiger partial charge in [0.05, 0.1) is 32.7 Å². The number of aryl methyl sites for hydroxylation is 1. The Morgan fingerprint density at radius 2 is 1.67 bits per heavy atom. The number of carbonyl (C=O) groups excluding carboxylic acids is 2. The largest absolute Gasteiger partial charge is 0.497 e. The van der Waals surface area contributed by atoms with Gasteiger partial charge in [0.15, 0.2) is 0 Å². The number of halogens is 2. The molecule has 0 aliphatic heterocycles. The van der Waals surface area contributed by atoms with Crippen LogP contribution in [0.2, 0.25) is 10.0 Å². The highest BCUT2D eigenvalue weighted by atomic mass is 35.5. The van der Waals surface area contributed by atoms with Gasteiger partial charge in [-0.05, 0) is 74.7 Å². The Balaban J connectivity index is 2.13. The fraction of sp³-hybridized carbons (Fsp3) is 0.355. The molecule has 0 aliphatic rings. The van der Waals surface area contributed by atoms with E-state index in [-0.39, 0.29) is 45.9 Å². The van der Waals surface area contributed by atoms with Crippen LogP contribution in [-0.2, 0) is 26.2 Å². The number of rotatable bonds is 14. The molecule has 2 amide bonds. The van der Waals surface area contributed by atoms with E-state index < -0.39 is 39.3 Å². The number of ether oxygens (including phenoxy) is 1. The molecule has 0 saturated heterocycles. The summed E-state index contributed by atoms with van der Waals surface area (Å²) in [6.45, 7) is 6.21. The van der Waals surface area contributed by atoms with Crippen molar-refractivity contribution in [1.29, 1.82) is 0 Å². The van der Waals surface area contributed by atoms with Crippen LogP contribution in [0, 0.1) is 17.0 Å². The lowest BCUT2D eigenvalue weighted by Crippen LogP contribution is -2.53. The van der Waals surface area contributed by atoms with Crippen molar-refractivity contribution in [2.24, 2.45) is 0 Å². The maximum absolute atomic E-state index is 14.2. The van der Waals surface area contributed by atoms with Crippen LogP contribution in [0.3, 0.4) is 0 Å². The number of amides is 2. The van der Waals surface area contributed by atoms with Crippen LogP contribution < -0.4 is 14.4 Å². The van der Waals surface area contributed by atoms with E-state index in [2.05, 4.69) is 5.32 Å². The summed E-state index contributed by atoms with van der Waals surface area (Å²) in [5, 5.41) is 15.1. The molecule has 0 fully saturated rings. The number of carbonyl (C=O) groups is 2. The maximum atomic E-state index is 14.2. The molecule has 242 valence electrons. The van der Waals surface area contributed by atoms with Crippen LogP contribution in [0.25, 0.3) is 0 Å². The Hall–Kier alpha value is -3.87. The molecular formula is C31H36Cl2N4O7S. The first kappa shape index (κ1) is 35.6. The summed E-state index contributed by atoms with van der Waals surface area (Å²) in [5.41, 5.74) is 0.572. The monoisotopic (exact) mass is 678 g/mol. The van der Waals surface area contributed by atoms with Crippen molar-refractivity contribution in [1.82, 2.24) is 10.2 Å². The van der Waals surface area contributed by atoms with Gasteiger partial charge in [-0.1, -0.05) is 49.2 Å². The van der Waals surface area contributed by atoms with Crippen LogP contribution in [0.1, 0.15) is 44.7 Å². The Labute approximate surface area is 273 Å². The van der Waals surface area contributed by atoms with Crippen molar-refractivity contribution >= 4 is 56.4 Å². The van der Waals surface area contributed by atoms with Gasteiger partial charge in [-0.15, -0.1) is 0 Å². The molecule has 45 heavy (non-hydrogen) atoms. The van der Waals surface area contributed by atoms with Gasteiger partial charge < -0.3 is 15.0 Å². The van der Waals surface area contributed by atoms with Gasteiger partial charge in [0.2, 0.25) is 11.8 Å². The van der Waals surface area contributed by atoms with E-state index in [0.29, 0.717) is 22.8 Å². The molecule has 3 rings (SSSR count). The third-order valence-corrected chi connectivity index (χ3v) is 9.84. The molecule has 3 aromatic carbocycles. The van der Waals surface area contributed by atoms with Crippen molar-refractivity contribution in [2.45, 2.75) is 64.1 Å². The zero-order valence-corrected chi connectivity index (χ0v) is 27.9. The minimum Gasteiger partial charge on any atom is -0.497 e. The summed E-state index contributed by atoms with van der Waals surface area (Å²) >= 11 is 12.3. The number of methoxy groups -OCH3 is 1. The quantitative estimate of drug-likeness (QED) is 0.160. The first-order valence-electron chi connectivity index (χ1n) is 14.2. The van der Waals surface area contributed by atoms with Gasteiger partial charge in [0, 0.05) is 24.2 Å². The fourth-order valence-electron chi connectivity index (χ4n) is 4.55. The minimum absolute atomic E-state index is 0.0747. The predicted molar refractivity (Wildman–Crippen MR) is 174 cm³/mol. The highest BCUT2D eigenvalue weighted by Gasteiger charge is 2.34. The van der Waals surface area contributed by atoms with E-state index >= 15 is 0 Å². The molecule has 0 heterocycles. The second-order valence-electron chi connectivity index (χ2n) is 10.4. The third kappa shape index (κ3) is 8.65. The molecule has 0 bridgehead atoms. The second kappa shape index (κ2) is 15.4. The van der Waals surface area contributed by atoms with E-state index in [1.807, 2.05) is 13.8 Å². The maximum Gasteiger partial charge on any atom is 0.273 e. The number of anilines is 1. The number of nitro groups is 1. The van der Waals surface area contributed by atoms with Crippen LogP contribution in [-0.4, -0.2) is 55.8 Å². The van der Waals surface area contributed by atoms with E-state index in [9.17, 15) is 28.1 Å². The van der Waals surface area contributed by atoms with Gasteiger partial charge >= 0.3 is 0 Å². The molecule has 0 spiro atoms. The summed E-state index contributed by atoms with van der Waals surface area (Å²) in [6.07, 6.45) is 0.893. The summed E-state index contributed by atoms with van der Waals surface area (Å²) in [6, 6.07) is 13.2. The van der Waals surface area contributed by atoms with Crippen molar-refractivity contribution in [3.05, 3.63) is 92.0 Å². The van der Waals surface area contributed by atoms with Crippen LogP contribution in [0.15, 0.2) is 65.6 Å². The number of nitrogens with zero attached hydrogens (tertiary/aromatic N) is 3. The Kier molecular flexibility index (Phi) is 12.2. The highest BCUT2D eigenvalue weighted by Crippen LogP contribution is 2.30. The third-order valence-electron chi connectivity index (χ3n) is 7.33. The standard InChI is InChI=1S/C31H36Cl2N4O7S/c1-6-21(4)34-31(39)28(7-2)35(18-22-9-15-26(32)27(33)16-22)30(38)19-36(23-10-12-24(44-5)13-11-23)45(42,43)25-14-8-20(3)29(17-25)37(40)41/h8-17,21,28H,6-7,18-19H2,1-5H3,(H,34,39)/t21-,28+/m0/s1. The zero-order valence-electron chi connectivity index (χ0n) is 25.6. The molecule has 14 heteroatoms. The first-order chi connectivity index (χ1) is 21.2. The molecule has 1 N–H and O–H groups in total. The number of hydrogen-bond acceptors (Lipinski definition) is 7. The summed E-state index contributed by atoms with van der Waals surface area (Å²) in [7, 11) is -3.08. The molecule has 0 saturated carbocycles. The average Bonchev–Trinajstić information content (AvgIpc) is 3.01. The smallest absolute Gasteiger partial charge is 0.273 e. The van der Waals surface area contributed by atoms with Crippen molar-refractivity contribution in [3.8, 4) is 5.75 Å². The first-order valence-corrected chi connectivity index (χ1v) is 16.4. The number of nitrogens with one attached hydrogen (secondary N) is 1. The van der Waals surface area contributed by atoms with E-state index in [1.54, 1.807) is 25.1 Å². The number of nitro benzene ring substituents is 1. The molecular weight excluding hydrogens is 643 g/mol. The number of benzene rings is 3. The zero-order chi connectivity index (χ0) is 33.5. The summed E-state index contributed by atoms with van der Waals surface area (Å²) < 4.78 is 34.3. The molecule has 2 atom stereocenters. The average molecular weight is 680 g/mol. The Morgan fingerprint density at radius 3 is 2.22 bits per heavy atom. The molecule has 0 radical (unpaired) electrons.